The van der Waals surface area contributed by atoms with Crippen molar-refractivity contribution < 1.29 is 33.8 Å². The highest BCUT2D eigenvalue weighted by Crippen LogP contribution is 2.60. The normalized spacial score (nSPS) is 27.5. The second kappa shape index (κ2) is 15.3. The number of likely N-dealkylation sites (tertiary alicyclic amines) is 1. The number of fused-ring (bicyclic) bond motifs is 1. The molecule has 4 rings (SSSR count). The number of amides is 3. The van der Waals surface area contributed by atoms with E-state index in [0.29, 0.717) is 51.6 Å². The predicted octanol–water partition coefficient (Wildman–Crippen LogP) is 3.13. The van der Waals surface area contributed by atoms with Crippen molar-refractivity contribution in [3.63, 3.8) is 0 Å². The minimum atomic E-state index is -1.20. The van der Waals surface area contributed by atoms with Crippen LogP contribution >= 0.6 is 15.9 Å². The number of halogens is 1. The summed E-state index contributed by atoms with van der Waals surface area (Å²) in [4.78, 5) is 57.5. The largest absolute Gasteiger partial charge is 0.460 e. The standard InChI is InChI=1S/C33H44BrN3O7/c1-4-6-15-25(39)35-20-22(3)43-32(42)26-27-30(40)37(17-11-8-12-18-38)29(33(27)19-24(34)28(26)44-33)31(41)36(16-5-2)21-23-13-9-7-10-14-23/h4-5,7,9-10,13-14,22,24,26-29,38H,1-2,6,8,11-12,15-21H2,3H3,(H,35,39)/t22-,24?,26+,27-,28+,29+,33-/m0/s1. The van der Waals surface area contributed by atoms with Crippen LogP contribution in [-0.2, 0) is 35.2 Å². The van der Waals surface area contributed by atoms with Gasteiger partial charge in [0, 0.05) is 37.5 Å². The Morgan fingerprint density at radius 2 is 1.98 bits per heavy atom. The SMILES string of the molecule is C=CCCC(=O)NC[C@H](C)OC(=O)[C@H]1[C@@H]2O[C@@]3(CC2Br)[C@@H]1C(=O)N(CCCCCO)[C@@H]3C(=O)N(CC=C)Cc1ccccc1. The van der Waals surface area contributed by atoms with E-state index in [1.165, 1.54) is 0 Å². The molecule has 1 spiro atoms. The minimum Gasteiger partial charge on any atom is -0.460 e. The Kier molecular flexibility index (Phi) is 11.8. The van der Waals surface area contributed by atoms with Gasteiger partial charge in [0.1, 0.15) is 17.7 Å². The minimum absolute atomic E-state index is 0.0456. The third kappa shape index (κ3) is 7.10. The summed E-state index contributed by atoms with van der Waals surface area (Å²) in [5.41, 5.74) is -0.260. The average molecular weight is 675 g/mol. The molecular weight excluding hydrogens is 630 g/mol. The van der Waals surface area contributed by atoms with Crippen LogP contribution in [0, 0.1) is 11.8 Å². The molecule has 0 aliphatic carbocycles. The predicted molar refractivity (Wildman–Crippen MR) is 168 cm³/mol. The van der Waals surface area contributed by atoms with Gasteiger partial charge in [-0.1, -0.05) is 58.4 Å². The Morgan fingerprint density at radius 3 is 2.66 bits per heavy atom. The zero-order valence-electron chi connectivity index (χ0n) is 25.4. The Balaban J connectivity index is 1.59. The first-order valence-electron chi connectivity index (χ1n) is 15.4. The molecule has 0 saturated carbocycles. The van der Waals surface area contributed by atoms with Crippen LogP contribution in [0.1, 0.15) is 51.0 Å². The number of carbonyl (C=O) groups is 4. The van der Waals surface area contributed by atoms with Gasteiger partial charge in [-0.25, -0.2) is 0 Å². The summed E-state index contributed by atoms with van der Waals surface area (Å²) in [6, 6.07) is 8.69. The Labute approximate surface area is 267 Å². The van der Waals surface area contributed by atoms with Crippen molar-refractivity contribution in [2.45, 2.75) is 80.7 Å². The smallest absolute Gasteiger partial charge is 0.312 e. The van der Waals surface area contributed by atoms with Gasteiger partial charge < -0.3 is 29.7 Å². The highest BCUT2D eigenvalue weighted by atomic mass is 79.9. The molecule has 2 N–H and O–H groups in total. The Bertz CT molecular complexity index is 1210. The van der Waals surface area contributed by atoms with Crippen molar-refractivity contribution in [3.05, 3.63) is 61.2 Å². The second-order valence-corrected chi connectivity index (χ2v) is 13.0. The molecule has 44 heavy (non-hydrogen) atoms. The lowest BCUT2D eigenvalue weighted by Crippen LogP contribution is -2.56. The van der Waals surface area contributed by atoms with Gasteiger partial charge in [0.25, 0.3) is 0 Å². The monoisotopic (exact) mass is 673 g/mol. The van der Waals surface area contributed by atoms with Crippen LogP contribution < -0.4 is 5.32 Å². The summed E-state index contributed by atoms with van der Waals surface area (Å²) in [6.07, 6.45) is 5.16. The van der Waals surface area contributed by atoms with Gasteiger partial charge in [-0.15, -0.1) is 13.2 Å². The van der Waals surface area contributed by atoms with Crippen molar-refractivity contribution in [2.75, 3.05) is 26.2 Å². The maximum atomic E-state index is 14.5. The van der Waals surface area contributed by atoms with E-state index < -0.39 is 41.7 Å². The van der Waals surface area contributed by atoms with E-state index in [4.69, 9.17) is 9.47 Å². The molecule has 1 unspecified atom stereocenters. The van der Waals surface area contributed by atoms with Gasteiger partial charge in [-0.3, -0.25) is 19.2 Å². The number of alkyl halides is 1. The maximum Gasteiger partial charge on any atom is 0.312 e. The van der Waals surface area contributed by atoms with E-state index in [2.05, 4.69) is 34.4 Å². The molecule has 2 bridgehead atoms. The zero-order chi connectivity index (χ0) is 31.9. The summed E-state index contributed by atoms with van der Waals surface area (Å²) < 4.78 is 12.4. The first kappa shape index (κ1) is 33.9. The Morgan fingerprint density at radius 1 is 1.23 bits per heavy atom. The number of hydrogen-bond donors (Lipinski definition) is 2. The van der Waals surface area contributed by atoms with Gasteiger partial charge in [0.2, 0.25) is 17.7 Å². The topological polar surface area (TPSA) is 125 Å². The number of unbranched alkanes of at least 4 members (excludes halogenated alkanes) is 2. The molecule has 3 aliphatic rings. The molecule has 3 amide bonds. The number of allylic oxidation sites excluding steroid dienone is 1. The van der Waals surface area contributed by atoms with Crippen LogP contribution in [0.5, 0.6) is 0 Å². The molecule has 7 atom stereocenters. The number of ether oxygens (including phenoxy) is 2. The van der Waals surface area contributed by atoms with Crippen LogP contribution in [0.15, 0.2) is 55.6 Å². The van der Waals surface area contributed by atoms with Gasteiger partial charge in [-0.2, -0.15) is 0 Å². The van der Waals surface area contributed by atoms with E-state index in [-0.39, 0.29) is 42.2 Å². The van der Waals surface area contributed by atoms with E-state index in [0.717, 1.165) is 5.56 Å². The number of hydrogen-bond acceptors (Lipinski definition) is 7. The van der Waals surface area contributed by atoms with Crippen molar-refractivity contribution in [1.82, 2.24) is 15.1 Å². The number of benzene rings is 1. The van der Waals surface area contributed by atoms with E-state index in [9.17, 15) is 24.3 Å². The van der Waals surface area contributed by atoms with Gasteiger partial charge in [0.15, 0.2) is 0 Å². The molecule has 3 fully saturated rings. The van der Waals surface area contributed by atoms with E-state index >= 15 is 0 Å². The van der Waals surface area contributed by atoms with Crippen molar-refractivity contribution >= 4 is 39.6 Å². The number of nitrogens with one attached hydrogen (secondary N) is 1. The maximum absolute atomic E-state index is 14.5. The molecule has 240 valence electrons. The summed E-state index contributed by atoms with van der Waals surface area (Å²) >= 11 is 3.69. The second-order valence-electron chi connectivity index (χ2n) is 11.9. The molecule has 11 heteroatoms. The molecule has 3 heterocycles. The van der Waals surface area contributed by atoms with Crippen molar-refractivity contribution in [3.8, 4) is 0 Å². The summed E-state index contributed by atoms with van der Waals surface area (Å²) in [7, 11) is 0. The zero-order valence-corrected chi connectivity index (χ0v) is 27.0. The molecular formula is C33H44BrN3O7. The third-order valence-corrected chi connectivity index (χ3v) is 9.55. The van der Waals surface area contributed by atoms with Crippen molar-refractivity contribution in [1.29, 1.82) is 0 Å². The highest BCUT2D eigenvalue weighted by molar-refractivity contribution is 9.09. The lowest BCUT2D eigenvalue weighted by molar-refractivity contribution is -0.159. The van der Waals surface area contributed by atoms with Crippen molar-refractivity contribution in [2.24, 2.45) is 11.8 Å². The average Bonchev–Trinajstić information content (AvgIpc) is 3.60. The number of esters is 1. The Hall–Kier alpha value is -3.02. The highest BCUT2D eigenvalue weighted by Gasteiger charge is 2.77. The van der Waals surface area contributed by atoms with E-state index in [1.807, 2.05) is 30.3 Å². The van der Waals surface area contributed by atoms with Crippen LogP contribution in [0.4, 0.5) is 0 Å². The van der Waals surface area contributed by atoms with Crippen LogP contribution in [0.2, 0.25) is 0 Å². The van der Waals surface area contributed by atoms with Gasteiger partial charge >= 0.3 is 5.97 Å². The quantitative estimate of drug-likeness (QED) is 0.113. The fourth-order valence-electron chi connectivity index (χ4n) is 6.75. The molecule has 1 aromatic carbocycles. The lowest BCUT2D eigenvalue weighted by atomic mass is 9.70. The molecule has 3 aliphatic heterocycles. The van der Waals surface area contributed by atoms with Gasteiger partial charge in [0.05, 0.1) is 24.5 Å². The number of rotatable bonds is 17. The molecule has 10 nitrogen and oxygen atoms in total. The fourth-order valence-corrected chi connectivity index (χ4v) is 7.69. The van der Waals surface area contributed by atoms with Crippen LogP contribution in [0.25, 0.3) is 0 Å². The number of carbonyl (C=O) groups excluding carboxylic acids is 4. The lowest BCUT2D eigenvalue weighted by Gasteiger charge is -2.37. The molecule has 0 aromatic heterocycles. The fraction of sp³-hybridized carbons (Fsp3) is 0.576. The molecule has 3 saturated heterocycles. The van der Waals surface area contributed by atoms with Crippen LogP contribution in [0.3, 0.4) is 0 Å². The molecule has 0 radical (unpaired) electrons. The summed E-state index contributed by atoms with van der Waals surface area (Å²) in [5, 5.41) is 12.0. The number of aliphatic hydroxyl groups is 1. The number of nitrogens with zero attached hydrogens (tertiary/aromatic N) is 2. The number of aliphatic hydroxyl groups excluding tert-OH is 1. The third-order valence-electron chi connectivity index (χ3n) is 8.71. The van der Waals surface area contributed by atoms with Crippen LogP contribution in [-0.4, -0.2) is 93.5 Å². The van der Waals surface area contributed by atoms with Gasteiger partial charge in [-0.05, 0) is 44.6 Å². The summed E-state index contributed by atoms with van der Waals surface area (Å²) in [6.45, 7) is 10.3. The first-order chi connectivity index (χ1) is 21.2. The molecule has 1 aromatic rings. The summed E-state index contributed by atoms with van der Waals surface area (Å²) in [5.74, 6) is -3.07. The van der Waals surface area contributed by atoms with E-state index in [1.54, 1.807) is 28.9 Å². The first-order valence-corrected chi connectivity index (χ1v) is 16.3.